The fraction of sp³-hybridized carbons (Fsp3) is 0.571. The molecule has 2 rings (SSSR count). The Morgan fingerprint density at radius 2 is 1.79 bits per heavy atom. The Morgan fingerprint density at radius 3 is 2.17 bits per heavy atom. The van der Waals surface area contributed by atoms with E-state index in [2.05, 4.69) is 15.5 Å². The van der Waals surface area contributed by atoms with Crippen LogP contribution in [-0.2, 0) is 14.0 Å². The summed E-state index contributed by atoms with van der Waals surface area (Å²) in [5, 5.41) is 0. The van der Waals surface area contributed by atoms with Crippen molar-refractivity contribution in [1.82, 2.24) is 4.98 Å². The van der Waals surface area contributed by atoms with Gasteiger partial charge < -0.3 is 19.8 Å². The van der Waals surface area contributed by atoms with E-state index in [9.17, 15) is 18.0 Å². The highest BCUT2D eigenvalue weighted by atomic mass is 19.4. The normalized spacial score (nSPS) is 20.7. The Labute approximate surface area is 137 Å². The third-order valence-electron chi connectivity index (χ3n) is 4.13. The van der Waals surface area contributed by atoms with Crippen molar-refractivity contribution < 1.29 is 32.0 Å². The molecule has 1 unspecified atom stereocenters. The van der Waals surface area contributed by atoms with Crippen molar-refractivity contribution >= 4 is 18.7 Å². The number of carbonyl (C=O) groups is 1. The number of hydrogen-bond acceptors (Lipinski definition) is 5. The van der Waals surface area contributed by atoms with Crippen molar-refractivity contribution in [2.45, 2.75) is 51.2 Å². The summed E-state index contributed by atoms with van der Waals surface area (Å²) in [4.78, 5) is 14.4. The second-order valence-corrected chi connectivity index (χ2v) is 6.46. The van der Waals surface area contributed by atoms with Crippen LogP contribution >= 0.6 is 0 Å². The van der Waals surface area contributed by atoms with E-state index in [4.69, 9.17) is 9.31 Å². The Balaban J connectivity index is 2.23. The van der Waals surface area contributed by atoms with Gasteiger partial charge in [-0.1, -0.05) is 6.07 Å². The minimum absolute atomic E-state index is 0.456. The summed E-state index contributed by atoms with van der Waals surface area (Å²) >= 11 is 0. The second-order valence-electron chi connectivity index (χ2n) is 6.46. The average Bonchev–Trinajstić information content (AvgIpc) is 2.64. The molecule has 2 N–H and O–H groups in total. The molecule has 0 aromatic carbocycles. The standard InChI is InChI=1S/C14H18BF3N2O4/c1-12(2)13(3,4)24-15(23-12)8-5-6-9(20-7-8)10(14(16,17)18)22-11(19)21/h5-7,10H,1-4H3,(H2,19,21). The first-order valence-electron chi connectivity index (χ1n) is 7.18. The molecule has 0 saturated carbocycles. The number of aromatic nitrogens is 1. The number of amides is 1. The maximum absolute atomic E-state index is 12.9. The van der Waals surface area contributed by atoms with Crippen molar-refractivity contribution in [2.24, 2.45) is 5.73 Å². The maximum atomic E-state index is 12.9. The minimum Gasteiger partial charge on any atom is -0.430 e. The largest absolute Gasteiger partial charge is 0.496 e. The Morgan fingerprint density at radius 1 is 1.25 bits per heavy atom. The molecule has 0 spiro atoms. The second kappa shape index (κ2) is 5.93. The van der Waals surface area contributed by atoms with Gasteiger partial charge in [0.15, 0.2) is 0 Å². The van der Waals surface area contributed by atoms with Crippen LogP contribution < -0.4 is 11.2 Å². The minimum atomic E-state index is -4.83. The highest BCUT2D eigenvalue weighted by Crippen LogP contribution is 2.37. The molecule has 1 saturated heterocycles. The van der Waals surface area contributed by atoms with Crippen LogP contribution in [0, 0.1) is 0 Å². The van der Waals surface area contributed by atoms with Crippen LogP contribution in [0.2, 0.25) is 0 Å². The van der Waals surface area contributed by atoms with Crippen LogP contribution in [0.5, 0.6) is 0 Å². The fourth-order valence-electron chi connectivity index (χ4n) is 2.10. The SMILES string of the molecule is CC1(C)OB(c2ccc(C(OC(N)=O)C(F)(F)F)nc2)OC1(C)C. The van der Waals surface area contributed by atoms with Gasteiger partial charge in [0, 0.05) is 11.7 Å². The summed E-state index contributed by atoms with van der Waals surface area (Å²) in [6.45, 7) is 7.43. The lowest BCUT2D eigenvalue weighted by Gasteiger charge is -2.32. The van der Waals surface area contributed by atoms with E-state index >= 15 is 0 Å². The monoisotopic (exact) mass is 346 g/mol. The zero-order valence-electron chi connectivity index (χ0n) is 13.7. The molecule has 24 heavy (non-hydrogen) atoms. The van der Waals surface area contributed by atoms with Gasteiger partial charge in [-0.05, 0) is 33.8 Å². The molecular formula is C14H18BF3N2O4. The van der Waals surface area contributed by atoms with Crippen LogP contribution in [0.25, 0.3) is 0 Å². The van der Waals surface area contributed by atoms with Crippen LogP contribution in [0.4, 0.5) is 18.0 Å². The van der Waals surface area contributed by atoms with Crippen molar-refractivity contribution in [1.29, 1.82) is 0 Å². The van der Waals surface area contributed by atoms with Crippen LogP contribution in [0.1, 0.15) is 39.5 Å². The van der Waals surface area contributed by atoms with E-state index in [0.29, 0.717) is 5.46 Å². The summed E-state index contributed by atoms with van der Waals surface area (Å²) in [5.41, 5.74) is 3.49. The van der Waals surface area contributed by atoms with Gasteiger partial charge in [0.25, 0.3) is 0 Å². The molecule has 0 radical (unpaired) electrons. The molecule has 132 valence electrons. The summed E-state index contributed by atoms with van der Waals surface area (Å²) in [6.07, 6.45) is -7.69. The van der Waals surface area contributed by atoms with Crippen LogP contribution in [-0.4, -0.2) is 35.6 Å². The van der Waals surface area contributed by atoms with E-state index in [1.165, 1.54) is 12.3 Å². The molecule has 2 heterocycles. The van der Waals surface area contributed by atoms with E-state index < -0.39 is 42.4 Å². The zero-order valence-corrected chi connectivity index (χ0v) is 13.7. The Kier molecular flexibility index (Phi) is 4.58. The van der Waals surface area contributed by atoms with Crippen molar-refractivity contribution in [2.75, 3.05) is 0 Å². The number of pyridine rings is 1. The van der Waals surface area contributed by atoms with Gasteiger partial charge in [-0.2, -0.15) is 13.2 Å². The molecule has 1 aromatic rings. The number of alkyl halides is 3. The Hall–Kier alpha value is -1.81. The van der Waals surface area contributed by atoms with E-state index in [-0.39, 0.29) is 0 Å². The molecule has 1 aliphatic heterocycles. The molecule has 1 fully saturated rings. The number of primary amides is 1. The highest BCUT2D eigenvalue weighted by Gasteiger charge is 2.52. The average molecular weight is 346 g/mol. The van der Waals surface area contributed by atoms with Gasteiger partial charge >= 0.3 is 19.4 Å². The first-order valence-corrected chi connectivity index (χ1v) is 7.18. The summed E-state index contributed by atoms with van der Waals surface area (Å²) in [5.74, 6) is 0. The topological polar surface area (TPSA) is 83.7 Å². The fourth-order valence-corrected chi connectivity index (χ4v) is 2.10. The predicted octanol–water partition coefficient (Wildman–Crippen LogP) is 2.08. The quantitative estimate of drug-likeness (QED) is 0.848. The number of nitrogens with zero attached hydrogens (tertiary/aromatic N) is 1. The third kappa shape index (κ3) is 3.64. The first kappa shape index (κ1) is 18.5. The van der Waals surface area contributed by atoms with Gasteiger partial charge in [-0.15, -0.1) is 0 Å². The molecular weight excluding hydrogens is 328 g/mol. The number of halogens is 3. The first-order chi connectivity index (χ1) is 10.8. The van der Waals surface area contributed by atoms with Gasteiger partial charge in [0.05, 0.1) is 16.9 Å². The van der Waals surface area contributed by atoms with Gasteiger partial charge in [-0.25, -0.2) is 4.79 Å². The van der Waals surface area contributed by atoms with E-state index in [0.717, 1.165) is 6.07 Å². The van der Waals surface area contributed by atoms with Gasteiger partial charge in [-0.3, -0.25) is 4.98 Å². The number of carbonyl (C=O) groups excluding carboxylic acids is 1. The highest BCUT2D eigenvalue weighted by molar-refractivity contribution is 6.62. The van der Waals surface area contributed by atoms with Crippen LogP contribution in [0.3, 0.4) is 0 Å². The lowest BCUT2D eigenvalue weighted by atomic mass is 9.80. The molecule has 1 atom stereocenters. The van der Waals surface area contributed by atoms with Crippen LogP contribution in [0.15, 0.2) is 18.3 Å². The molecule has 6 nitrogen and oxygen atoms in total. The van der Waals surface area contributed by atoms with E-state index in [1.807, 2.05) is 27.7 Å². The smallest absolute Gasteiger partial charge is 0.430 e. The summed E-state index contributed by atoms with van der Waals surface area (Å²) in [7, 11) is -0.752. The van der Waals surface area contributed by atoms with Crippen molar-refractivity contribution in [3.63, 3.8) is 0 Å². The maximum Gasteiger partial charge on any atom is 0.496 e. The van der Waals surface area contributed by atoms with E-state index in [1.54, 1.807) is 0 Å². The van der Waals surface area contributed by atoms with Crippen molar-refractivity contribution in [3.05, 3.63) is 24.0 Å². The Bertz CT molecular complexity index is 603. The molecule has 0 aliphatic carbocycles. The third-order valence-corrected chi connectivity index (χ3v) is 4.13. The number of rotatable bonds is 3. The molecule has 10 heteroatoms. The van der Waals surface area contributed by atoms with Gasteiger partial charge in [0.1, 0.15) is 0 Å². The molecule has 1 aliphatic rings. The van der Waals surface area contributed by atoms with Crippen molar-refractivity contribution in [3.8, 4) is 0 Å². The number of ether oxygens (including phenoxy) is 1. The molecule has 1 aromatic heterocycles. The predicted molar refractivity (Wildman–Crippen MR) is 79.4 cm³/mol. The number of hydrogen-bond donors (Lipinski definition) is 1. The lowest BCUT2D eigenvalue weighted by molar-refractivity contribution is -0.206. The van der Waals surface area contributed by atoms with Gasteiger partial charge in [0.2, 0.25) is 6.10 Å². The summed E-state index contributed by atoms with van der Waals surface area (Å²) < 4.78 is 54.6. The lowest BCUT2D eigenvalue weighted by Crippen LogP contribution is -2.41. The number of nitrogens with two attached hydrogens (primary N) is 1. The zero-order chi connectivity index (χ0) is 18.3. The molecule has 0 bridgehead atoms. The summed E-state index contributed by atoms with van der Waals surface area (Å²) in [6, 6.07) is 2.48. The molecule has 1 amide bonds.